The topological polar surface area (TPSA) is 47.6 Å². The Kier molecular flexibility index (Phi) is 5.04. The molecule has 5 nitrogen and oxygen atoms in total. The van der Waals surface area contributed by atoms with Crippen LogP contribution in [0, 0.1) is 5.92 Å². The summed E-state index contributed by atoms with van der Waals surface area (Å²) in [5, 5.41) is 0. The second-order valence-corrected chi connectivity index (χ2v) is 7.17. The van der Waals surface area contributed by atoms with Crippen LogP contribution in [0.25, 0.3) is 0 Å². The van der Waals surface area contributed by atoms with Crippen molar-refractivity contribution in [3.8, 4) is 0 Å². The zero-order chi connectivity index (χ0) is 17.1. The number of nitrogens with zero attached hydrogens (tertiary/aromatic N) is 2. The molecule has 2 aromatic heterocycles. The first-order valence-corrected chi connectivity index (χ1v) is 9.33. The highest BCUT2D eigenvalue weighted by Gasteiger charge is 2.21. The highest BCUT2D eigenvalue weighted by Crippen LogP contribution is 2.21. The Morgan fingerprint density at radius 1 is 1.08 bits per heavy atom. The molecule has 0 atom stereocenters. The minimum atomic E-state index is 0.143. The standard InChI is InChI=1S/C20H26N2O3/c23-20-4-3-17-5-9-21(15-18-2-1-11-25-18)10-6-19(17)22(20)14-16-7-12-24-13-8-16/h1-4,11,16H,5-10,12-15H2. The molecule has 0 N–H and O–H groups in total. The van der Waals surface area contributed by atoms with E-state index < -0.39 is 0 Å². The third-order valence-electron chi connectivity index (χ3n) is 5.49. The van der Waals surface area contributed by atoms with Crippen molar-refractivity contribution in [2.75, 3.05) is 26.3 Å². The van der Waals surface area contributed by atoms with Gasteiger partial charge < -0.3 is 13.7 Å². The van der Waals surface area contributed by atoms with Gasteiger partial charge >= 0.3 is 0 Å². The first-order valence-electron chi connectivity index (χ1n) is 9.33. The number of furan rings is 1. The van der Waals surface area contributed by atoms with Gasteiger partial charge in [0.2, 0.25) is 0 Å². The van der Waals surface area contributed by atoms with E-state index in [0.29, 0.717) is 5.92 Å². The Labute approximate surface area is 148 Å². The van der Waals surface area contributed by atoms with Crippen LogP contribution in [0.5, 0.6) is 0 Å². The Bertz CT molecular complexity index is 745. The lowest BCUT2D eigenvalue weighted by Gasteiger charge is -2.25. The van der Waals surface area contributed by atoms with Crippen molar-refractivity contribution in [3.05, 3.63) is 57.9 Å². The quantitative estimate of drug-likeness (QED) is 0.856. The monoisotopic (exact) mass is 342 g/mol. The average Bonchev–Trinajstić information content (AvgIpc) is 3.06. The molecule has 0 amide bonds. The fourth-order valence-corrected chi connectivity index (χ4v) is 4.01. The maximum absolute atomic E-state index is 12.5. The number of rotatable bonds is 4. The predicted octanol–water partition coefficient (Wildman–Crippen LogP) is 2.47. The fraction of sp³-hybridized carbons (Fsp3) is 0.550. The molecule has 1 fully saturated rings. The number of ether oxygens (including phenoxy) is 1. The molecule has 4 heterocycles. The number of hydrogen-bond acceptors (Lipinski definition) is 4. The lowest BCUT2D eigenvalue weighted by atomic mass is 9.99. The van der Waals surface area contributed by atoms with Crippen LogP contribution in [0.4, 0.5) is 0 Å². The molecule has 0 spiro atoms. The molecule has 0 unspecified atom stereocenters. The molecule has 0 saturated carbocycles. The lowest BCUT2D eigenvalue weighted by molar-refractivity contribution is 0.0606. The molecule has 1 saturated heterocycles. The molecule has 0 radical (unpaired) electrons. The summed E-state index contributed by atoms with van der Waals surface area (Å²) in [5.74, 6) is 1.56. The van der Waals surface area contributed by atoms with E-state index in [1.165, 1.54) is 11.3 Å². The SMILES string of the molecule is O=c1ccc2c(n1CC1CCOCC1)CCN(Cc1ccco1)CC2. The second-order valence-electron chi connectivity index (χ2n) is 7.17. The van der Waals surface area contributed by atoms with E-state index in [2.05, 4.69) is 4.90 Å². The summed E-state index contributed by atoms with van der Waals surface area (Å²) in [6.45, 7) is 5.29. The molecule has 25 heavy (non-hydrogen) atoms. The minimum Gasteiger partial charge on any atom is -0.468 e. The minimum absolute atomic E-state index is 0.143. The van der Waals surface area contributed by atoms with Gasteiger partial charge in [-0.15, -0.1) is 0 Å². The van der Waals surface area contributed by atoms with E-state index in [0.717, 1.165) is 70.8 Å². The molecule has 2 aromatic rings. The Morgan fingerprint density at radius 2 is 1.92 bits per heavy atom. The molecule has 0 aromatic carbocycles. The Balaban J connectivity index is 1.51. The van der Waals surface area contributed by atoms with Gasteiger partial charge in [0.25, 0.3) is 5.56 Å². The summed E-state index contributed by atoms with van der Waals surface area (Å²) >= 11 is 0. The van der Waals surface area contributed by atoms with Crippen LogP contribution in [-0.4, -0.2) is 35.8 Å². The van der Waals surface area contributed by atoms with E-state index in [1.54, 1.807) is 12.3 Å². The van der Waals surface area contributed by atoms with Crippen molar-refractivity contribution in [2.45, 2.75) is 38.8 Å². The van der Waals surface area contributed by atoms with Crippen molar-refractivity contribution >= 4 is 0 Å². The van der Waals surface area contributed by atoms with Gasteiger partial charge in [0.1, 0.15) is 5.76 Å². The largest absolute Gasteiger partial charge is 0.468 e. The summed E-state index contributed by atoms with van der Waals surface area (Å²) in [6.07, 6.45) is 5.76. The van der Waals surface area contributed by atoms with Crippen molar-refractivity contribution in [1.29, 1.82) is 0 Å². The maximum atomic E-state index is 12.5. The summed E-state index contributed by atoms with van der Waals surface area (Å²) in [6, 6.07) is 7.75. The summed E-state index contributed by atoms with van der Waals surface area (Å²) < 4.78 is 13.0. The maximum Gasteiger partial charge on any atom is 0.250 e. The zero-order valence-corrected chi connectivity index (χ0v) is 14.7. The third-order valence-corrected chi connectivity index (χ3v) is 5.49. The van der Waals surface area contributed by atoms with Crippen LogP contribution in [0.3, 0.4) is 0 Å². The first-order chi connectivity index (χ1) is 12.3. The first kappa shape index (κ1) is 16.6. The van der Waals surface area contributed by atoms with Crippen LogP contribution >= 0.6 is 0 Å². The molecule has 0 bridgehead atoms. The van der Waals surface area contributed by atoms with Crippen LogP contribution in [-0.2, 0) is 30.7 Å². The molecular formula is C20H26N2O3. The third kappa shape index (κ3) is 3.88. The van der Waals surface area contributed by atoms with Gasteiger partial charge in [-0.25, -0.2) is 0 Å². The normalized spacial score (nSPS) is 19.5. The van der Waals surface area contributed by atoms with Gasteiger partial charge in [-0.2, -0.15) is 0 Å². The van der Waals surface area contributed by atoms with Gasteiger partial charge in [0.05, 0.1) is 12.8 Å². The van der Waals surface area contributed by atoms with Crippen LogP contribution in [0.2, 0.25) is 0 Å². The Hall–Kier alpha value is -1.85. The molecule has 4 rings (SSSR count). The average molecular weight is 342 g/mol. The van der Waals surface area contributed by atoms with Gasteiger partial charge in [0.15, 0.2) is 0 Å². The van der Waals surface area contributed by atoms with Crippen molar-refractivity contribution < 1.29 is 9.15 Å². The van der Waals surface area contributed by atoms with Crippen LogP contribution in [0.15, 0.2) is 39.7 Å². The number of fused-ring (bicyclic) bond motifs is 1. The summed E-state index contributed by atoms with van der Waals surface area (Å²) in [4.78, 5) is 14.9. The van der Waals surface area contributed by atoms with Gasteiger partial charge in [-0.3, -0.25) is 9.69 Å². The fourth-order valence-electron chi connectivity index (χ4n) is 4.01. The molecule has 134 valence electrons. The van der Waals surface area contributed by atoms with E-state index in [-0.39, 0.29) is 5.56 Å². The van der Waals surface area contributed by atoms with E-state index >= 15 is 0 Å². The van der Waals surface area contributed by atoms with Crippen molar-refractivity contribution in [1.82, 2.24) is 9.47 Å². The van der Waals surface area contributed by atoms with Gasteiger partial charge in [-0.05, 0) is 42.9 Å². The van der Waals surface area contributed by atoms with Crippen LogP contribution in [0.1, 0.15) is 29.9 Å². The summed E-state index contributed by atoms with van der Waals surface area (Å²) in [7, 11) is 0. The zero-order valence-electron chi connectivity index (χ0n) is 14.7. The molecule has 2 aliphatic rings. The van der Waals surface area contributed by atoms with Crippen LogP contribution < -0.4 is 5.56 Å². The van der Waals surface area contributed by atoms with Crippen molar-refractivity contribution in [3.63, 3.8) is 0 Å². The molecule has 0 aliphatic carbocycles. The van der Waals surface area contributed by atoms with E-state index in [1.807, 2.05) is 22.8 Å². The number of hydrogen-bond donors (Lipinski definition) is 0. The van der Waals surface area contributed by atoms with Gasteiger partial charge in [-0.1, -0.05) is 6.07 Å². The van der Waals surface area contributed by atoms with E-state index in [4.69, 9.17) is 9.15 Å². The molecule has 5 heteroatoms. The predicted molar refractivity (Wildman–Crippen MR) is 95.6 cm³/mol. The number of aromatic nitrogens is 1. The molecule has 2 aliphatic heterocycles. The highest BCUT2D eigenvalue weighted by molar-refractivity contribution is 5.23. The smallest absolute Gasteiger partial charge is 0.250 e. The van der Waals surface area contributed by atoms with Crippen molar-refractivity contribution in [2.24, 2.45) is 5.92 Å². The Morgan fingerprint density at radius 3 is 2.72 bits per heavy atom. The number of pyridine rings is 1. The van der Waals surface area contributed by atoms with Gasteiger partial charge in [0, 0.05) is 51.0 Å². The second kappa shape index (κ2) is 7.58. The highest BCUT2D eigenvalue weighted by atomic mass is 16.5. The summed E-state index contributed by atoms with van der Waals surface area (Å²) in [5.41, 5.74) is 2.71. The molecular weight excluding hydrogens is 316 g/mol. The van der Waals surface area contributed by atoms with E-state index in [9.17, 15) is 4.79 Å². The lowest BCUT2D eigenvalue weighted by Crippen LogP contribution is -2.30.